The van der Waals surface area contributed by atoms with Crippen LogP contribution in [0.2, 0.25) is 0 Å². The normalized spacial score (nSPS) is 11.3. The van der Waals surface area contributed by atoms with Crippen molar-refractivity contribution in [3.63, 3.8) is 0 Å². The van der Waals surface area contributed by atoms with Crippen LogP contribution < -0.4 is 4.74 Å². The molecule has 0 saturated heterocycles. The van der Waals surface area contributed by atoms with Crippen molar-refractivity contribution < 1.29 is 4.74 Å². The minimum absolute atomic E-state index is 0.517. The molecule has 3 aromatic rings. The number of nitrogens with zero attached hydrogens (tertiary/aromatic N) is 4. The Balaban J connectivity index is 1.91. The standard InChI is InChI=1S/C18H20N4O/c1-14-17(19-13-21(2)3)22-11-7-10-16(18(22)20-14)23-12-15-8-5-4-6-9-15/h4-11,13H,12H2,1-3H3/b19-13+. The first-order valence-corrected chi connectivity index (χ1v) is 7.50. The van der Waals surface area contributed by atoms with E-state index in [0.717, 1.165) is 28.5 Å². The summed E-state index contributed by atoms with van der Waals surface area (Å²) in [6.45, 7) is 2.47. The molecule has 3 rings (SSSR count). The fourth-order valence-electron chi connectivity index (χ4n) is 2.32. The van der Waals surface area contributed by atoms with Gasteiger partial charge < -0.3 is 9.64 Å². The third kappa shape index (κ3) is 3.34. The number of aliphatic imine (C=N–C) groups is 1. The molecular weight excluding hydrogens is 288 g/mol. The van der Waals surface area contributed by atoms with Crippen LogP contribution in [0.25, 0.3) is 5.65 Å². The summed E-state index contributed by atoms with van der Waals surface area (Å²) < 4.78 is 7.91. The van der Waals surface area contributed by atoms with Gasteiger partial charge in [-0.3, -0.25) is 4.40 Å². The Morgan fingerprint density at radius 1 is 1.17 bits per heavy atom. The largest absolute Gasteiger partial charge is 0.485 e. The Morgan fingerprint density at radius 2 is 1.96 bits per heavy atom. The molecule has 0 spiro atoms. The molecule has 0 aliphatic rings. The molecule has 5 nitrogen and oxygen atoms in total. The second kappa shape index (κ2) is 6.52. The van der Waals surface area contributed by atoms with Gasteiger partial charge in [0.1, 0.15) is 6.61 Å². The van der Waals surface area contributed by atoms with Gasteiger partial charge in [-0.25, -0.2) is 9.98 Å². The Kier molecular flexibility index (Phi) is 4.28. The number of rotatable bonds is 5. The van der Waals surface area contributed by atoms with Gasteiger partial charge in [-0.1, -0.05) is 30.3 Å². The van der Waals surface area contributed by atoms with E-state index < -0.39 is 0 Å². The van der Waals surface area contributed by atoms with Gasteiger partial charge in [-0.2, -0.15) is 0 Å². The number of aromatic nitrogens is 2. The van der Waals surface area contributed by atoms with Gasteiger partial charge in [0.2, 0.25) is 0 Å². The third-order valence-electron chi connectivity index (χ3n) is 3.40. The van der Waals surface area contributed by atoms with E-state index in [4.69, 9.17) is 4.74 Å². The average Bonchev–Trinajstić information content (AvgIpc) is 2.88. The predicted molar refractivity (Wildman–Crippen MR) is 92.5 cm³/mol. The van der Waals surface area contributed by atoms with Gasteiger partial charge in [-0.15, -0.1) is 0 Å². The van der Waals surface area contributed by atoms with Crippen LogP contribution in [0, 0.1) is 6.92 Å². The van der Waals surface area contributed by atoms with E-state index in [1.165, 1.54) is 0 Å². The minimum atomic E-state index is 0.517. The molecule has 2 heterocycles. The van der Waals surface area contributed by atoms with Crippen LogP contribution in [-0.2, 0) is 6.61 Å². The fraction of sp³-hybridized carbons (Fsp3) is 0.222. The van der Waals surface area contributed by atoms with E-state index in [0.29, 0.717) is 6.61 Å². The molecule has 0 N–H and O–H groups in total. The number of hydrogen-bond acceptors (Lipinski definition) is 3. The Hall–Kier alpha value is -2.82. The number of pyridine rings is 1. The van der Waals surface area contributed by atoms with Crippen LogP contribution in [0.5, 0.6) is 5.75 Å². The summed E-state index contributed by atoms with van der Waals surface area (Å²) in [5.41, 5.74) is 2.79. The number of aryl methyl sites for hydroxylation is 1. The zero-order valence-corrected chi connectivity index (χ0v) is 13.6. The van der Waals surface area contributed by atoms with Gasteiger partial charge in [-0.05, 0) is 24.6 Å². The zero-order chi connectivity index (χ0) is 16.2. The molecule has 0 unspecified atom stereocenters. The SMILES string of the molecule is Cc1nc2c(OCc3ccccc3)cccn2c1/N=C/N(C)C. The predicted octanol–water partition coefficient (Wildman–Crippen LogP) is 3.44. The van der Waals surface area contributed by atoms with Crippen molar-refractivity contribution in [1.82, 2.24) is 14.3 Å². The lowest BCUT2D eigenvalue weighted by Gasteiger charge is -2.08. The van der Waals surface area contributed by atoms with E-state index in [1.54, 1.807) is 6.34 Å². The molecule has 23 heavy (non-hydrogen) atoms. The summed E-state index contributed by atoms with van der Waals surface area (Å²) >= 11 is 0. The van der Waals surface area contributed by atoms with Gasteiger partial charge in [0.15, 0.2) is 17.2 Å². The zero-order valence-electron chi connectivity index (χ0n) is 13.6. The second-order valence-corrected chi connectivity index (χ2v) is 5.57. The molecule has 0 atom stereocenters. The first-order chi connectivity index (χ1) is 11.1. The van der Waals surface area contributed by atoms with Gasteiger partial charge >= 0.3 is 0 Å². The number of benzene rings is 1. The first kappa shape index (κ1) is 15.1. The molecule has 0 bridgehead atoms. The molecular formula is C18H20N4O. The molecule has 0 radical (unpaired) electrons. The van der Waals surface area contributed by atoms with Crippen molar-refractivity contribution in [1.29, 1.82) is 0 Å². The third-order valence-corrected chi connectivity index (χ3v) is 3.40. The molecule has 0 fully saturated rings. The van der Waals surface area contributed by atoms with Crippen molar-refractivity contribution in [2.75, 3.05) is 14.1 Å². The Morgan fingerprint density at radius 3 is 2.70 bits per heavy atom. The van der Waals surface area contributed by atoms with Crippen LogP contribution in [0.4, 0.5) is 5.82 Å². The topological polar surface area (TPSA) is 42.1 Å². The summed E-state index contributed by atoms with van der Waals surface area (Å²) in [4.78, 5) is 11.0. The number of ether oxygens (including phenoxy) is 1. The van der Waals surface area contributed by atoms with Crippen LogP contribution in [0.15, 0.2) is 53.7 Å². The number of hydrogen-bond donors (Lipinski definition) is 0. The van der Waals surface area contributed by atoms with Gasteiger partial charge in [0.05, 0.1) is 12.0 Å². The van der Waals surface area contributed by atoms with Crippen molar-refractivity contribution in [3.05, 3.63) is 59.9 Å². The number of fused-ring (bicyclic) bond motifs is 1. The van der Waals surface area contributed by atoms with Crippen molar-refractivity contribution >= 4 is 17.8 Å². The van der Waals surface area contributed by atoms with Gasteiger partial charge in [0, 0.05) is 20.3 Å². The van der Waals surface area contributed by atoms with E-state index in [-0.39, 0.29) is 0 Å². The summed E-state index contributed by atoms with van der Waals surface area (Å²) in [5, 5.41) is 0. The smallest absolute Gasteiger partial charge is 0.181 e. The maximum atomic E-state index is 5.95. The first-order valence-electron chi connectivity index (χ1n) is 7.50. The molecule has 1 aromatic carbocycles. The van der Waals surface area contributed by atoms with Gasteiger partial charge in [0.25, 0.3) is 0 Å². The highest BCUT2D eigenvalue weighted by atomic mass is 16.5. The van der Waals surface area contributed by atoms with Crippen molar-refractivity contribution in [2.45, 2.75) is 13.5 Å². The summed E-state index contributed by atoms with van der Waals surface area (Å²) in [6, 6.07) is 14.0. The molecule has 0 aliphatic heterocycles. The fourth-order valence-corrected chi connectivity index (χ4v) is 2.32. The van der Waals surface area contributed by atoms with E-state index in [2.05, 4.69) is 9.98 Å². The van der Waals surface area contributed by atoms with Crippen LogP contribution in [-0.4, -0.2) is 34.7 Å². The molecule has 5 heteroatoms. The maximum absolute atomic E-state index is 5.95. The van der Waals surface area contributed by atoms with Crippen LogP contribution in [0.3, 0.4) is 0 Å². The van der Waals surface area contributed by atoms with E-state index in [9.17, 15) is 0 Å². The second-order valence-electron chi connectivity index (χ2n) is 5.57. The number of imidazole rings is 1. The lowest BCUT2D eigenvalue weighted by molar-refractivity contribution is 0.308. The highest BCUT2D eigenvalue weighted by Gasteiger charge is 2.11. The summed E-state index contributed by atoms with van der Waals surface area (Å²) in [7, 11) is 3.88. The van der Waals surface area contributed by atoms with E-state index >= 15 is 0 Å². The lowest BCUT2D eigenvalue weighted by atomic mass is 10.2. The maximum Gasteiger partial charge on any atom is 0.181 e. The van der Waals surface area contributed by atoms with Crippen molar-refractivity contribution in [2.24, 2.45) is 4.99 Å². The molecule has 0 aliphatic carbocycles. The van der Waals surface area contributed by atoms with Crippen LogP contribution >= 0.6 is 0 Å². The van der Waals surface area contributed by atoms with Crippen LogP contribution in [0.1, 0.15) is 11.3 Å². The molecule has 0 amide bonds. The molecule has 0 saturated carbocycles. The summed E-state index contributed by atoms with van der Waals surface area (Å²) in [5.74, 6) is 1.57. The highest BCUT2D eigenvalue weighted by molar-refractivity contribution is 5.65. The highest BCUT2D eigenvalue weighted by Crippen LogP contribution is 2.27. The monoisotopic (exact) mass is 308 g/mol. The van der Waals surface area contributed by atoms with E-state index in [1.807, 2.05) is 79.0 Å². The average molecular weight is 308 g/mol. The van der Waals surface area contributed by atoms with Crippen molar-refractivity contribution in [3.8, 4) is 5.75 Å². The Labute approximate surface area is 135 Å². The quantitative estimate of drug-likeness (QED) is 0.535. The summed E-state index contributed by atoms with van der Waals surface area (Å²) in [6.07, 6.45) is 3.72. The molecule has 2 aromatic heterocycles. The lowest BCUT2D eigenvalue weighted by Crippen LogP contribution is -2.07. The Bertz CT molecular complexity index is 822. The molecule has 118 valence electrons. The minimum Gasteiger partial charge on any atom is -0.485 e.